The van der Waals surface area contributed by atoms with E-state index in [9.17, 15) is 14.7 Å². The number of hydrogen-bond donors (Lipinski definition) is 3. The van der Waals surface area contributed by atoms with Gasteiger partial charge in [-0.25, -0.2) is 4.79 Å². The van der Waals surface area contributed by atoms with Gasteiger partial charge in [-0.1, -0.05) is 63.2 Å². The third kappa shape index (κ3) is 5.32. The van der Waals surface area contributed by atoms with Crippen molar-refractivity contribution in [3.05, 3.63) is 54.6 Å². The van der Waals surface area contributed by atoms with Crippen molar-refractivity contribution in [2.45, 2.75) is 52.3 Å². The van der Waals surface area contributed by atoms with Gasteiger partial charge in [0.05, 0.1) is 0 Å². The molecule has 1 fully saturated rings. The Morgan fingerprint density at radius 1 is 1.07 bits per heavy atom. The number of rotatable bonds is 7. The standard InChI is InChI=1S/C24H30N2O4/c1-23(2)13-19(26-22(28)29)14-24(3,15-23)21(25-16-27)30-20-11-9-18(10-12-20)17-7-5-4-6-8-17/h4-12,16,19,21,26H,13-15H2,1-3H3,(H,25,27)(H,28,29). The Balaban J connectivity index is 1.80. The van der Waals surface area contributed by atoms with Crippen LogP contribution in [0.25, 0.3) is 11.1 Å². The quantitative estimate of drug-likeness (QED) is 0.458. The molecule has 3 rings (SSSR count). The van der Waals surface area contributed by atoms with Crippen molar-refractivity contribution in [1.82, 2.24) is 10.6 Å². The van der Waals surface area contributed by atoms with Crippen LogP contribution in [-0.4, -0.2) is 29.9 Å². The molecule has 6 heteroatoms. The molecule has 30 heavy (non-hydrogen) atoms. The Bertz CT molecular complexity index is 867. The summed E-state index contributed by atoms with van der Waals surface area (Å²) in [5.74, 6) is 0.654. The summed E-state index contributed by atoms with van der Waals surface area (Å²) in [6.07, 6.45) is 1.17. The van der Waals surface area contributed by atoms with Gasteiger partial charge in [0, 0.05) is 11.5 Å². The first-order valence-electron chi connectivity index (χ1n) is 10.2. The number of hydrogen-bond acceptors (Lipinski definition) is 3. The largest absolute Gasteiger partial charge is 0.470 e. The van der Waals surface area contributed by atoms with E-state index < -0.39 is 17.7 Å². The molecule has 1 aliphatic carbocycles. The van der Waals surface area contributed by atoms with E-state index in [1.165, 1.54) is 0 Å². The summed E-state index contributed by atoms with van der Waals surface area (Å²) in [5.41, 5.74) is 1.67. The van der Waals surface area contributed by atoms with E-state index in [2.05, 4.69) is 24.5 Å². The van der Waals surface area contributed by atoms with E-state index in [0.717, 1.165) is 24.0 Å². The fraction of sp³-hybridized carbons (Fsp3) is 0.417. The van der Waals surface area contributed by atoms with Gasteiger partial charge >= 0.3 is 6.09 Å². The summed E-state index contributed by atoms with van der Waals surface area (Å²) in [6, 6.07) is 17.6. The Morgan fingerprint density at radius 3 is 2.30 bits per heavy atom. The zero-order chi connectivity index (χ0) is 21.8. The minimum absolute atomic E-state index is 0.0938. The second-order valence-corrected chi connectivity index (χ2v) is 9.22. The van der Waals surface area contributed by atoms with Crippen LogP contribution in [0.3, 0.4) is 0 Å². The Kier molecular flexibility index (Phi) is 6.34. The molecule has 2 aromatic rings. The fourth-order valence-electron chi connectivity index (χ4n) is 4.95. The van der Waals surface area contributed by atoms with E-state index in [1.54, 1.807) is 0 Å². The average molecular weight is 411 g/mol. The number of carboxylic acid groups (broad SMARTS) is 1. The molecule has 3 atom stereocenters. The van der Waals surface area contributed by atoms with E-state index >= 15 is 0 Å². The molecule has 1 saturated carbocycles. The molecular weight excluding hydrogens is 380 g/mol. The normalized spacial score (nSPS) is 23.8. The molecule has 0 saturated heterocycles. The lowest BCUT2D eigenvalue weighted by Crippen LogP contribution is -2.56. The summed E-state index contributed by atoms with van der Waals surface area (Å²) in [4.78, 5) is 22.6. The van der Waals surface area contributed by atoms with Gasteiger partial charge in [-0.2, -0.15) is 0 Å². The lowest BCUT2D eigenvalue weighted by molar-refractivity contribution is -0.116. The molecule has 1 aliphatic rings. The van der Waals surface area contributed by atoms with Gasteiger partial charge in [-0.05, 0) is 47.9 Å². The zero-order valence-electron chi connectivity index (χ0n) is 17.7. The van der Waals surface area contributed by atoms with Crippen LogP contribution in [0.1, 0.15) is 40.0 Å². The van der Waals surface area contributed by atoms with Crippen LogP contribution in [0.4, 0.5) is 4.79 Å². The maximum Gasteiger partial charge on any atom is 0.404 e. The topological polar surface area (TPSA) is 87.7 Å². The maximum atomic E-state index is 11.3. The summed E-state index contributed by atoms with van der Waals surface area (Å²) in [6.45, 7) is 6.28. The van der Waals surface area contributed by atoms with E-state index in [0.29, 0.717) is 18.6 Å². The highest BCUT2D eigenvalue weighted by molar-refractivity contribution is 5.65. The zero-order valence-corrected chi connectivity index (χ0v) is 17.7. The molecule has 0 aromatic heterocycles. The van der Waals surface area contributed by atoms with Crippen molar-refractivity contribution in [3.8, 4) is 16.9 Å². The number of amides is 2. The average Bonchev–Trinajstić information content (AvgIpc) is 2.67. The van der Waals surface area contributed by atoms with Gasteiger partial charge in [-0.3, -0.25) is 4.79 Å². The summed E-state index contributed by atoms with van der Waals surface area (Å²) < 4.78 is 6.22. The predicted molar refractivity (Wildman–Crippen MR) is 116 cm³/mol. The molecule has 160 valence electrons. The van der Waals surface area contributed by atoms with Crippen LogP contribution >= 0.6 is 0 Å². The summed E-state index contributed by atoms with van der Waals surface area (Å²) in [7, 11) is 0. The van der Waals surface area contributed by atoms with Crippen LogP contribution in [-0.2, 0) is 4.79 Å². The monoisotopic (exact) mass is 410 g/mol. The van der Waals surface area contributed by atoms with Gasteiger partial charge in [-0.15, -0.1) is 0 Å². The van der Waals surface area contributed by atoms with Crippen LogP contribution in [0.5, 0.6) is 5.75 Å². The number of carbonyl (C=O) groups is 2. The van der Waals surface area contributed by atoms with Crippen molar-refractivity contribution in [1.29, 1.82) is 0 Å². The Morgan fingerprint density at radius 2 is 1.70 bits per heavy atom. The van der Waals surface area contributed by atoms with Gasteiger partial charge in [0.2, 0.25) is 6.41 Å². The van der Waals surface area contributed by atoms with E-state index in [4.69, 9.17) is 4.74 Å². The molecular formula is C24H30N2O4. The first-order chi connectivity index (χ1) is 14.2. The van der Waals surface area contributed by atoms with E-state index in [-0.39, 0.29) is 11.5 Å². The number of nitrogens with one attached hydrogen (secondary N) is 2. The second-order valence-electron chi connectivity index (χ2n) is 9.22. The number of benzene rings is 2. The van der Waals surface area contributed by atoms with Crippen molar-refractivity contribution in [2.75, 3.05) is 0 Å². The van der Waals surface area contributed by atoms with Crippen LogP contribution in [0.15, 0.2) is 54.6 Å². The molecule has 0 aliphatic heterocycles. The van der Waals surface area contributed by atoms with Gasteiger partial charge in [0.25, 0.3) is 0 Å². The second kappa shape index (κ2) is 8.78. The Labute approximate surface area is 177 Å². The number of carbonyl (C=O) groups excluding carboxylic acids is 1. The van der Waals surface area contributed by atoms with Crippen LogP contribution < -0.4 is 15.4 Å². The highest BCUT2D eigenvalue weighted by atomic mass is 16.5. The highest BCUT2D eigenvalue weighted by Crippen LogP contribution is 2.48. The summed E-state index contributed by atoms with van der Waals surface area (Å²) >= 11 is 0. The smallest absolute Gasteiger partial charge is 0.404 e. The molecule has 6 nitrogen and oxygen atoms in total. The predicted octanol–water partition coefficient (Wildman–Crippen LogP) is 4.66. The molecule has 3 N–H and O–H groups in total. The lowest BCUT2D eigenvalue weighted by Gasteiger charge is -2.49. The lowest BCUT2D eigenvalue weighted by atomic mass is 9.62. The maximum absolute atomic E-state index is 11.3. The van der Waals surface area contributed by atoms with Gasteiger partial charge in [0.15, 0.2) is 6.23 Å². The molecule has 2 amide bonds. The van der Waals surface area contributed by atoms with Gasteiger partial charge in [0.1, 0.15) is 5.75 Å². The minimum Gasteiger partial charge on any atom is -0.470 e. The SMILES string of the molecule is CC1(C)CC(NC(=O)O)CC(C)(C(NC=O)Oc2ccc(-c3ccccc3)cc2)C1. The molecule has 3 unspecified atom stereocenters. The summed E-state index contributed by atoms with van der Waals surface area (Å²) in [5, 5.41) is 14.6. The van der Waals surface area contributed by atoms with Crippen molar-refractivity contribution in [3.63, 3.8) is 0 Å². The molecule has 0 bridgehead atoms. The highest BCUT2D eigenvalue weighted by Gasteiger charge is 2.47. The van der Waals surface area contributed by atoms with Crippen LogP contribution in [0.2, 0.25) is 0 Å². The minimum atomic E-state index is -1.03. The first kappa shape index (κ1) is 21.7. The Hall–Kier alpha value is -3.02. The third-order valence-electron chi connectivity index (χ3n) is 5.79. The van der Waals surface area contributed by atoms with Crippen LogP contribution in [0, 0.1) is 10.8 Å². The molecule has 0 heterocycles. The fourth-order valence-corrected chi connectivity index (χ4v) is 4.95. The van der Waals surface area contributed by atoms with Crippen molar-refractivity contribution < 1.29 is 19.4 Å². The third-order valence-corrected chi connectivity index (χ3v) is 5.79. The van der Waals surface area contributed by atoms with Gasteiger partial charge < -0.3 is 20.5 Å². The molecule has 0 radical (unpaired) electrons. The van der Waals surface area contributed by atoms with E-state index in [1.807, 2.05) is 61.5 Å². The van der Waals surface area contributed by atoms with Crippen molar-refractivity contribution >= 4 is 12.5 Å². The number of ether oxygens (including phenoxy) is 1. The molecule has 2 aromatic carbocycles. The van der Waals surface area contributed by atoms with Crippen molar-refractivity contribution in [2.24, 2.45) is 10.8 Å². The molecule has 0 spiro atoms. The first-order valence-corrected chi connectivity index (χ1v) is 10.2.